The molecule has 1 heterocycles. The van der Waals surface area contributed by atoms with E-state index >= 15 is 0 Å². The van der Waals surface area contributed by atoms with Gasteiger partial charge in [-0.1, -0.05) is 24.5 Å². The standard InChI is InChI=1S/C12H19N3O2/c1-17-12(16)7-11-9-15(14-13-11)8-10-5-3-2-4-6-10/h9-10H,2-8H2,1H3. The molecule has 0 spiro atoms. The van der Waals surface area contributed by atoms with Crippen molar-refractivity contribution in [3.63, 3.8) is 0 Å². The molecule has 1 fully saturated rings. The first kappa shape index (κ1) is 12.1. The highest BCUT2D eigenvalue weighted by Crippen LogP contribution is 2.24. The van der Waals surface area contributed by atoms with Crippen LogP contribution in [0.3, 0.4) is 0 Å². The van der Waals surface area contributed by atoms with Gasteiger partial charge in [-0.05, 0) is 18.8 Å². The Labute approximate surface area is 101 Å². The average molecular weight is 237 g/mol. The van der Waals surface area contributed by atoms with Gasteiger partial charge in [-0.2, -0.15) is 0 Å². The first-order valence-electron chi connectivity index (χ1n) is 6.24. The first-order valence-corrected chi connectivity index (χ1v) is 6.24. The van der Waals surface area contributed by atoms with E-state index in [2.05, 4.69) is 15.0 Å². The van der Waals surface area contributed by atoms with E-state index in [0.717, 1.165) is 12.5 Å². The van der Waals surface area contributed by atoms with E-state index < -0.39 is 0 Å². The topological polar surface area (TPSA) is 57.0 Å². The molecule has 0 saturated heterocycles. The molecule has 0 amide bonds. The number of carbonyl (C=O) groups excluding carboxylic acids is 1. The molecule has 94 valence electrons. The summed E-state index contributed by atoms with van der Waals surface area (Å²) in [5, 5.41) is 8.04. The van der Waals surface area contributed by atoms with Gasteiger partial charge in [-0.3, -0.25) is 9.48 Å². The maximum absolute atomic E-state index is 11.1. The van der Waals surface area contributed by atoms with Crippen LogP contribution in [-0.2, 0) is 22.5 Å². The summed E-state index contributed by atoms with van der Waals surface area (Å²) in [7, 11) is 1.38. The molecule has 5 nitrogen and oxygen atoms in total. The third kappa shape index (κ3) is 3.54. The highest BCUT2D eigenvalue weighted by atomic mass is 16.5. The fourth-order valence-corrected chi connectivity index (χ4v) is 2.36. The predicted octanol–water partition coefficient (Wildman–Crippen LogP) is 1.57. The Morgan fingerprint density at radius 1 is 1.47 bits per heavy atom. The lowest BCUT2D eigenvalue weighted by atomic mass is 9.89. The summed E-state index contributed by atoms with van der Waals surface area (Å²) in [4.78, 5) is 11.1. The van der Waals surface area contributed by atoms with Gasteiger partial charge in [-0.25, -0.2) is 0 Å². The highest BCUT2D eigenvalue weighted by molar-refractivity contribution is 5.71. The number of rotatable bonds is 4. The maximum Gasteiger partial charge on any atom is 0.311 e. The van der Waals surface area contributed by atoms with E-state index in [1.54, 1.807) is 0 Å². The second kappa shape index (κ2) is 5.80. The van der Waals surface area contributed by atoms with E-state index in [1.807, 2.05) is 10.9 Å². The summed E-state index contributed by atoms with van der Waals surface area (Å²) in [5.41, 5.74) is 0.688. The number of hydrogen-bond donors (Lipinski definition) is 0. The van der Waals surface area contributed by atoms with Gasteiger partial charge in [0.15, 0.2) is 0 Å². The lowest BCUT2D eigenvalue weighted by molar-refractivity contribution is -0.139. The largest absolute Gasteiger partial charge is 0.469 e. The molecule has 1 aliphatic carbocycles. The lowest BCUT2D eigenvalue weighted by Crippen LogP contribution is -2.14. The molecule has 17 heavy (non-hydrogen) atoms. The smallest absolute Gasteiger partial charge is 0.311 e. The van der Waals surface area contributed by atoms with Crippen LogP contribution in [0.25, 0.3) is 0 Å². The number of ether oxygens (including phenoxy) is 1. The van der Waals surface area contributed by atoms with E-state index in [-0.39, 0.29) is 12.4 Å². The van der Waals surface area contributed by atoms with Gasteiger partial charge in [0.2, 0.25) is 0 Å². The fourth-order valence-electron chi connectivity index (χ4n) is 2.36. The second-order valence-corrected chi connectivity index (χ2v) is 4.69. The molecule has 0 N–H and O–H groups in total. The minimum absolute atomic E-state index is 0.209. The zero-order valence-corrected chi connectivity index (χ0v) is 10.3. The van der Waals surface area contributed by atoms with Crippen molar-refractivity contribution >= 4 is 5.97 Å². The molecule has 0 atom stereocenters. The Morgan fingerprint density at radius 3 is 2.94 bits per heavy atom. The molecule has 1 aromatic heterocycles. The highest BCUT2D eigenvalue weighted by Gasteiger charge is 2.15. The van der Waals surface area contributed by atoms with Crippen LogP contribution in [-0.4, -0.2) is 28.1 Å². The van der Waals surface area contributed by atoms with Crippen molar-refractivity contribution in [1.29, 1.82) is 0 Å². The van der Waals surface area contributed by atoms with Crippen LogP contribution in [0.1, 0.15) is 37.8 Å². The third-order valence-corrected chi connectivity index (χ3v) is 3.31. The van der Waals surface area contributed by atoms with Gasteiger partial charge >= 0.3 is 5.97 Å². The normalized spacial score (nSPS) is 17.0. The van der Waals surface area contributed by atoms with Crippen molar-refractivity contribution in [2.45, 2.75) is 45.1 Å². The summed E-state index contributed by atoms with van der Waals surface area (Å²) < 4.78 is 6.45. The molecule has 5 heteroatoms. The zero-order chi connectivity index (χ0) is 12.1. The monoisotopic (exact) mass is 237 g/mol. The predicted molar refractivity (Wildman–Crippen MR) is 62.3 cm³/mol. The Balaban J connectivity index is 1.86. The van der Waals surface area contributed by atoms with Crippen LogP contribution < -0.4 is 0 Å². The second-order valence-electron chi connectivity index (χ2n) is 4.69. The molecule has 1 aliphatic rings. The number of methoxy groups -OCH3 is 1. The summed E-state index contributed by atoms with van der Waals surface area (Å²) in [6.07, 6.45) is 8.65. The Kier molecular flexibility index (Phi) is 4.12. The van der Waals surface area contributed by atoms with Gasteiger partial charge in [0, 0.05) is 12.7 Å². The van der Waals surface area contributed by atoms with Crippen molar-refractivity contribution in [1.82, 2.24) is 15.0 Å². The maximum atomic E-state index is 11.1. The Morgan fingerprint density at radius 2 is 2.24 bits per heavy atom. The molecular weight excluding hydrogens is 218 g/mol. The van der Waals surface area contributed by atoms with Gasteiger partial charge < -0.3 is 4.74 Å². The zero-order valence-electron chi connectivity index (χ0n) is 10.3. The van der Waals surface area contributed by atoms with Crippen LogP contribution in [0.15, 0.2) is 6.20 Å². The minimum Gasteiger partial charge on any atom is -0.469 e. The van der Waals surface area contributed by atoms with Crippen LogP contribution >= 0.6 is 0 Å². The van der Waals surface area contributed by atoms with Gasteiger partial charge in [0.05, 0.1) is 19.2 Å². The van der Waals surface area contributed by atoms with Gasteiger partial charge in [0.1, 0.15) is 0 Å². The summed E-state index contributed by atoms with van der Waals surface area (Å²) in [6, 6.07) is 0. The lowest BCUT2D eigenvalue weighted by Gasteiger charge is -2.20. The van der Waals surface area contributed by atoms with Crippen LogP contribution in [0.2, 0.25) is 0 Å². The summed E-state index contributed by atoms with van der Waals surface area (Å²) in [6.45, 7) is 0.925. The summed E-state index contributed by atoms with van der Waals surface area (Å²) >= 11 is 0. The van der Waals surface area contributed by atoms with Gasteiger partial charge in [-0.15, -0.1) is 5.10 Å². The Bertz CT molecular complexity index is 370. The number of nitrogens with zero attached hydrogens (tertiary/aromatic N) is 3. The molecule has 0 unspecified atom stereocenters. The van der Waals surface area contributed by atoms with Crippen molar-refractivity contribution in [3.8, 4) is 0 Å². The van der Waals surface area contributed by atoms with E-state index in [9.17, 15) is 4.79 Å². The molecule has 2 rings (SSSR count). The van der Waals surface area contributed by atoms with Crippen molar-refractivity contribution in [2.75, 3.05) is 7.11 Å². The minimum atomic E-state index is -0.269. The van der Waals surface area contributed by atoms with Crippen LogP contribution in [0.5, 0.6) is 0 Å². The van der Waals surface area contributed by atoms with Crippen molar-refractivity contribution in [2.24, 2.45) is 5.92 Å². The number of aromatic nitrogens is 3. The van der Waals surface area contributed by atoms with Crippen LogP contribution in [0, 0.1) is 5.92 Å². The first-order chi connectivity index (χ1) is 8.28. The van der Waals surface area contributed by atoms with E-state index in [4.69, 9.17) is 0 Å². The molecule has 0 bridgehead atoms. The quantitative estimate of drug-likeness (QED) is 0.746. The Hall–Kier alpha value is -1.39. The molecular formula is C12H19N3O2. The molecule has 0 aliphatic heterocycles. The van der Waals surface area contributed by atoms with Gasteiger partial charge in [0.25, 0.3) is 0 Å². The van der Waals surface area contributed by atoms with E-state index in [1.165, 1.54) is 39.2 Å². The third-order valence-electron chi connectivity index (χ3n) is 3.31. The molecule has 0 radical (unpaired) electrons. The molecule has 0 aromatic carbocycles. The fraction of sp³-hybridized carbons (Fsp3) is 0.750. The van der Waals surface area contributed by atoms with Crippen LogP contribution in [0.4, 0.5) is 0 Å². The average Bonchev–Trinajstić information content (AvgIpc) is 2.77. The van der Waals surface area contributed by atoms with E-state index in [0.29, 0.717) is 5.69 Å². The molecule has 1 saturated carbocycles. The van der Waals surface area contributed by atoms with Crippen molar-refractivity contribution < 1.29 is 9.53 Å². The molecule has 1 aromatic rings. The number of carbonyl (C=O) groups is 1. The number of hydrogen-bond acceptors (Lipinski definition) is 4. The SMILES string of the molecule is COC(=O)Cc1cn(CC2CCCCC2)nn1. The van der Waals surface area contributed by atoms with Crippen molar-refractivity contribution in [3.05, 3.63) is 11.9 Å². The summed E-state index contributed by atoms with van der Waals surface area (Å²) in [5.74, 6) is 0.450. The number of esters is 1.